The lowest BCUT2D eigenvalue weighted by atomic mass is 10.9. The maximum absolute atomic E-state index is 11.6. The van der Waals surface area contributed by atoms with Crippen LogP contribution in [0.15, 0.2) is 0 Å². The van der Waals surface area contributed by atoms with E-state index in [0.717, 1.165) is 0 Å². The maximum Gasteiger partial charge on any atom is 0.414 e. The van der Waals surface area contributed by atoms with Gasteiger partial charge in [-0.15, -0.1) is 0 Å². The van der Waals surface area contributed by atoms with Crippen molar-refractivity contribution >= 4 is 7.92 Å². The number of hydrogen-bond acceptors (Lipinski definition) is 0. The summed E-state index contributed by atoms with van der Waals surface area (Å²) in [4.78, 5) is 0. The zero-order chi connectivity index (χ0) is 10.9. The first-order valence-corrected chi connectivity index (χ1v) is 4.27. The second kappa shape index (κ2) is 3.94. The zero-order valence-electron chi connectivity index (χ0n) is 5.76. The van der Waals surface area contributed by atoms with Crippen molar-refractivity contribution in [2.24, 2.45) is 0 Å². The van der Waals surface area contributed by atoms with Crippen molar-refractivity contribution in [3.8, 4) is 0 Å². The van der Waals surface area contributed by atoms with E-state index in [4.69, 9.17) is 0 Å². The molecule has 0 aliphatic carbocycles. The fourth-order valence-electron chi connectivity index (χ4n) is 0.489. The van der Waals surface area contributed by atoms with Gasteiger partial charge in [0, 0.05) is 6.16 Å². The molecule has 0 aromatic carbocycles. The molecule has 0 heterocycles. The van der Waals surface area contributed by atoms with E-state index in [-0.39, 0.29) is 0 Å². The minimum Gasteiger partial charge on any atom is -0.210 e. The van der Waals surface area contributed by atoms with Crippen molar-refractivity contribution < 1.29 is 35.1 Å². The summed E-state index contributed by atoms with van der Waals surface area (Å²) < 4.78 is 92.0. The standard InChI is InChI=1S/C4H3F8P/c5-2(6)1-13(3(7,8)9)4(10,11)12/h2H,1H2. The molecule has 0 radical (unpaired) electrons. The first-order chi connectivity index (χ1) is 5.55. The molecular weight excluding hydrogens is 231 g/mol. The average Bonchev–Trinajstić information content (AvgIpc) is 1.77. The molecule has 0 N–H and O–H groups in total. The van der Waals surface area contributed by atoms with Crippen LogP contribution in [-0.2, 0) is 0 Å². The molecule has 0 aromatic rings. The van der Waals surface area contributed by atoms with Crippen LogP contribution < -0.4 is 0 Å². The lowest BCUT2D eigenvalue weighted by Gasteiger charge is -2.22. The third-order valence-electron chi connectivity index (χ3n) is 0.933. The quantitative estimate of drug-likeness (QED) is 0.503. The van der Waals surface area contributed by atoms with Gasteiger partial charge in [0.25, 0.3) is 0 Å². The van der Waals surface area contributed by atoms with Gasteiger partial charge in [0.1, 0.15) is 7.92 Å². The molecule has 0 fully saturated rings. The summed E-state index contributed by atoms with van der Waals surface area (Å²) in [7, 11) is -4.63. The van der Waals surface area contributed by atoms with Crippen molar-refractivity contribution in [2.75, 3.05) is 6.16 Å². The van der Waals surface area contributed by atoms with E-state index in [2.05, 4.69) is 0 Å². The Kier molecular flexibility index (Phi) is 3.90. The van der Waals surface area contributed by atoms with Gasteiger partial charge in [0.15, 0.2) is 0 Å². The van der Waals surface area contributed by atoms with E-state index in [1.54, 1.807) is 0 Å². The first-order valence-electron chi connectivity index (χ1n) is 2.74. The topological polar surface area (TPSA) is 0 Å². The fourth-order valence-corrected chi connectivity index (χ4v) is 1.47. The third-order valence-corrected chi connectivity index (χ3v) is 2.80. The van der Waals surface area contributed by atoms with Crippen molar-refractivity contribution in [1.82, 2.24) is 0 Å². The molecule has 80 valence electrons. The van der Waals surface area contributed by atoms with E-state index >= 15 is 0 Å². The van der Waals surface area contributed by atoms with Crippen LogP contribution in [0, 0.1) is 0 Å². The molecule has 0 amide bonds. The van der Waals surface area contributed by atoms with Gasteiger partial charge in [-0.2, -0.15) is 26.3 Å². The second-order valence-corrected chi connectivity index (χ2v) is 4.17. The summed E-state index contributed by atoms with van der Waals surface area (Å²) in [6.45, 7) is 0. The molecule has 0 bridgehead atoms. The Morgan fingerprint density at radius 1 is 0.846 bits per heavy atom. The summed E-state index contributed by atoms with van der Waals surface area (Å²) in [5.41, 5.74) is 0. The summed E-state index contributed by atoms with van der Waals surface area (Å²) in [5.74, 6) is -11.2. The number of hydrogen-bond donors (Lipinski definition) is 0. The van der Waals surface area contributed by atoms with Crippen molar-refractivity contribution in [1.29, 1.82) is 0 Å². The maximum atomic E-state index is 11.6. The Balaban J connectivity index is 4.58. The Morgan fingerprint density at radius 2 is 1.15 bits per heavy atom. The van der Waals surface area contributed by atoms with Gasteiger partial charge in [-0.1, -0.05) is 0 Å². The molecule has 0 aromatic heterocycles. The Hall–Kier alpha value is -0.130. The lowest BCUT2D eigenvalue weighted by molar-refractivity contribution is -0.0848. The molecule has 0 saturated carbocycles. The van der Waals surface area contributed by atoms with Crippen LogP contribution in [0.3, 0.4) is 0 Å². The van der Waals surface area contributed by atoms with Gasteiger partial charge in [-0.3, -0.25) is 0 Å². The second-order valence-electron chi connectivity index (χ2n) is 1.94. The van der Waals surface area contributed by atoms with Crippen LogP contribution in [0.1, 0.15) is 0 Å². The highest BCUT2D eigenvalue weighted by Gasteiger charge is 2.57. The molecule has 0 aliphatic heterocycles. The molecule has 0 unspecified atom stereocenters. The van der Waals surface area contributed by atoms with Crippen LogP contribution in [0.25, 0.3) is 0 Å². The van der Waals surface area contributed by atoms with Crippen LogP contribution >= 0.6 is 7.92 Å². The zero-order valence-corrected chi connectivity index (χ0v) is 6.65. The smallest absolute Gasteiger partial charge is 0.210 e. The van der Waals surface area contributed by atoms with Gasteiger partial charge >= 0.3 is 11.8 Å². The molecule has 0 rings (SSSR count). The van der Waals surface area contributed by atoms with Crippen molar-refractivity contribution in [2.45, 2.75) is 18.3 Å². The molecule has 0 saturated heterocycles. The van der Waals surface area contributed by atoms with Crippen LogP contribution in [-0.4, -0.2) is 24.4 Å². The third kappa shape index (κ3) is 4.59. The van der Waals surface area contributed by atoms with Crippen LogP contribution in [0.2, 0.25) is 0 Å². The molecule has 0 spiro atoms. The van der Waals surface area contributed by atoms with E-state index in [1.807, 2.05) is 0 Å². The summed E-state index contributed by atoms with van der Waals surface area (Å²) in [6, 6.07) is 0. The van der Waals surface area contributed by atoms with E-state index in [9.17, 15) is 35.1 Å². The monoisotopic (exact) mass is 234 g/mol. The van der Waals surface area contributed by atoms with Crippen LogP contribution in [0.4, 0.5) is 35.1 Å². The van der Waals surface area contributed by atoms with Crippen LogP contribution in [0.5, 0.6) is 0 Å². The molecular formula is C4H3F8P. The number of halogens is 8. The summed E-state index contributed by atoms with van der Waals surface area (Å²) in [5, 5.41) is 0. The molecule has 9 heteroatoms. The number of alkyl halides is 8. The largest absolute Gasteiger partial charge is 0.414 e. The highest BCUT2D eigenvalue weighted by Crippen LogP contribution is 2.64. The predicted molar refractivity (Wildman–Crippen MR) is 29.9 cm³/mol. The highest BCUT2D eigenvalue weighted by atomic mass is 31.1. The molecule has 0 aliphatic rings. The molecule has 0 nitrogen and oxygen atoms in total. The van der Waals surface area contributed by atoms with Crippen molar-refractivity contribution in [3.05, 3.63) is 0 Å². The minimum absolute atomic E-state index is 2.18. The van der Waals surface area contributed by atoms with Gasteiger partial charge in [0.05, 0.1) is 0 Å². The van der Waals surface area contributed by atoms with Gasteiger partial charge < -0.3 is 0 Å². The van der Waals surface area contributed by atoms with Crippen molar-refractivity contribution in [3.63, 3.8) is 0 Å². The lowest BCUT2D eigenvalue weighted by Crippen LogP contribution is -2.22. The Bertz CT molecular complexity index is 143. The van der Waals surface area contributed by atoms with E-state index in [1.165, 1.54) is 0 Å². The summed E-state index contributed by atoms with van der Waals surface area (Å²) >= 11 is 0. The summed E-state index contributed by atoms with van der Waals surface area (Å²) in [6.07, 6.45) is -5.78. The average molecular weight is 234 g/mol. The van der Waals surface area contributed by atoms with E-state index in [0.29, 0.717) is 0 Å². The van der Waals surface area contributed by atoms with E-state index < -0.39 is 32.3 Å². The number of rotatable bonds is 2. The Labute approximate surface area is 68.7 Å². The van der Waals surface area contributed by atoms with Gasteiger partial charge in [-0.05, 0) is 0 Å². The fraction of sp³-hybridized carbons (Fsp3) is 1.00. The molecule has 13 heavy (non-hydrogen) atoms. The normalized spacial score (nSPS) is 14.3. The highest BCUT2D eigenvalue weighted by molar-refractivity contribution is 7.59. The predicted octanol–water partition coefficient (Wildman–Crippen LogP) is 3.77. The minimum atomic E-state index is -5.61. The molecule has 0 atom stereocenters. The van der Waals surface area contributed by atoms with Gasteiger partial charge in [0.2, 0.25) is 6.43 Å². The van der Waals surface area contributed by atoms with Gasteiger partial charge in [-0.25, -0.2) is 8.78 Å². The first kappa shape index (κ1) is 12.9. The SMILES string of the molecule is FC(F)CP(C(F)(F)F)C(F)(F)F. The Morgan fingerprint density at radius 3 is 1.23 bits per heavy atom.